The Balaban J connectivity index is 2.16. The topological polar surface area (TPSA) is 15.3 Å². The number of nitrogens with one attached hydrogen (secondary N) is 1. The molecule has 1 N–H and O–H groups in total. The van der Waals surface area contributed by atoms with E-state index < -0.39 is 11.6 Å². The van der Waals surface area contributed by atoms with E-state index in [1.165, 1.54) is 12.1 Å². The highest BCUT2D eigenvalue weighted by molar-refractivity contribution is 9.10. The minimum Gasteiger partial charge on any atom is -0.318 e. The fourth-order valence-corrected chi connectivity index (χ4v) is 2.86. The molecule has 2 rings (SSSR count). The van der Waals surface area contributed by atoms with E-state index in [2.05, 4.69) is 26.1 Å². The lowest BCUT2D eigenvalue weighted by atomic mass is 10.1. The van der Waals surface area contributed by atoms with Crippen molar-refractivity contribution in [1.82, 2.24) is 10.2 Å². The minimum absolute atomic E-state index is 0.160. The van der Waals surface area contributed by atoms with Crippen LogP contribution in [0, 0.1) is 11.6 Å². The molecule has 1 aliphatic rings. The first-order chi connectivity index (χ1) is 8.63. The van der Waals surface area contributed by atoms with Crippen LogP contribution < -0.4 is 5.32 Å². The second-order valence-corrected chi connectivity index (χ2v) is 5.50. The summed E-state index contributed by atoms with van der Waals surface area (Å²) in [6.07, 6.45) is 2.17. The fourth-order valence-electron chi connectivity index (χ4n) is 2.49. The summed E-state index contributed by atoms with van der Waals surface area (Å²) in [7, 11) is 1.90. The molecule has 100 valence electrons. The molecule has 0 radical (unpaired) electrons. The van der Waals surface area contributed by atoms with Gasteiger partial charge in [0, 0.05) is 24.7 Å². The number of hydrogen-bond donors (Lipinski definition) is 1. The molecule has 0 spiro atoms. The molecule has 0 saturated carbocycles. The normalized spacial score (nSPS) is 20.6. The van der Waals surface area contributed by atoms with Crippen LogP contribution in [0.3, 0.4) is 0 Å². The molecule has 1 saturated heterocycles. The summed E-state index contributed by atoms with van der Waals surface area (Å²) in [4.78, 5) is 2.14. The van der Waals surface area contributed by atoms with E-state index in [1.807, 2.05) is 7.05 Å². The maximum Gasteiger partial charge on any atom is 0.144 e. The summed E-state index contributed by atoms with van der Waals surface area (Å²) in [5.41, 5.74) is 0.160. The molecule has 1 atom stereocenters. The van der Waals surface area contributed by atoms with Crippen molar-refractivity contribution in [2.24, 2.45) is 0 Å². The van der Waals surface area contributed by atoms with Gasteiger partial charge in [0.05, 0.1) is 4.47 Å². The van der Waals surface area contributed by atoms with Crippen LogP contribution in [0.1, 0.15) is 18.4 Å². The molecule has 1 aliphatic heterocycles. The zero-order chi connectivity index (χ0) is 13.1. The summed E-state index contributed by atoms with van der Waals surface area (Å²) in [5.74, 6) is -0.948. The standard InChI is InChI=1S/C13H17BrF2N2/c1-17-7-9-3-2-6-18(9)8-10-12(15)5-4-11(14)13(10)16/h4-5,9,17H,2-3,6-8H2,1H3. The molecule has 0 bridgehead atoms. The molecule has 1 aromatic rings. The van der Waals surface area contributed by atoms with Gasteiger partial charge >= 0.3 is 0 Å². The zero-order valence-corrected chi connectivity index (χ0v) is 11.9. The summed E-state index contributed by atoms with van der Waals surface area (Å²) in [6.45, 7) is 2.10. The number of hydrogen-bond acceptors (Lipinski definition) is 2. The number of likely N-dealkylation sites (N-methyl/N-ethyl adjacent to an activating group) is 1. The average molecular weight is 319 g/mol. The fraction of sp³-hybridized carbons (Fsp3) is 0.538. The van der Waals surface area contributed by atoms with Gasteiger partial charge in [-0.15, -0.1) is 0 Å². The van der Waals surface area contributed by atoms with E-state index in [0.29, 0.717) is 17.1 Å². The van der Waals surface area contributed by atoms with Gasteiger partial charge in [0.1, 0.15) is 11.6 Å². The predicted molar refractivity (Wildman–Crippen MR) is 71.4 cm³/mol. The maximum absolute atomic E-state index is 13.9. The van der Waals surface area contributed by atoms with Crippen molar-refractivity contribution in [3.05, 3.63) is 33.8 Å². The van der Waals surface area contributed by atoms with Crippen LogP contribution in [0.25, 0.3) is 0 Å². The van der Waals surface area contributed by atoms with Gasteiger partial charge in [-0.25, -0.2) is 8.78 Å². The largest absolute Gasteiger partial charge is 0.318 e. The van der Waals surface area contributed by atoms with Gasteiger partial charge in [0.2, 0.25) is 0 Å². The Kier molecular flexibility index (Phi) is 4.70. The quantitative estimate of drug-likeness (QED) is 0.859. The molecule has 1 fully saturated rings. The van der Waals surface area contributed by atoms with Crippen LogP contribution in [-0.2, 0) is 6.54 Å². The maximum atomic E-state index is 13.9. The summed E-state index contributed by atoms with van der Waals surface area (Å²) >= 11 is 3.10. The molecule has 0 aliphatic carbocycles. The Morgan fingerprint density at radius 3 is 2.94 bits per heavy atom. The van der Waals surface area contributed by atoms with Gasteiger partial charge in [0.15, 0.2) is 0 Å². The summed E-state index contributed by atoms with van der Waals surface area (Å²) in [5, 5.41) is 3.13. The SMILES string of the molecule is CNCC1CCCN1Cc1c(F)ccc(Br)c1F. The predicted octanol–water partition coefficient (Wildman–Crippen LogP) is 2.91. The van der Waals surface area contributed by atoms with E-state index in [0.717, 1.165) is 25.9 Å². The van der Waals surface area contributed by atoms with Gasteiger partial charge in [-0.2, -0.15) is 0 Å². The Hall–Kier alpha value is -0.520. The van der Waals surface area contributed by atoms with Gasteiger partial charge in [-0.1, -0.05) is 0 Å². The second kappa shape index (κ2) is 6.08. The van der Waals surface area contributed by atoms with Crippen LogP contribution in [-0.4, -0.2) is 31.1 Å². The summed E-state index contributed by atoms with van der Waals surface area (Å²) in [6, 6.07) is 3.09. The van der Waals surface area contributed by atoms with E-state index >= 15 is 0 Å². The Labute approximate surface area is 114 Å². The third-order valence-corrected chi connectivity index (χ3v) is 4.05. The Morgan fingerprint density at radius 2 is 2.22 bits per heavy atom. The number of halogens is 3. The number of rotatable bonds is 4. The lowest BCUT2D eigenvalue weighted by molar-refractivity contribution is 0.235. The lowest BCUT2D eigenvalue weighted by Gasteiger charge is -2.24. The van der Waals surface area contributed by atoms with Crippen molar-refractivity contribution in [3.63, 3.8) is 0 Å². The summed E-state index contributed by atoms with van der Waals surface area (Å²) < 4.78 is 27.9. The molecule has 18 heavy (non-hydrogen) atoms. The van der Waals surface area contributed by atoms with Crippen molar-refractivity contribution in [2.45, 2.75) is 25.4 Å². The van der Waals surface area contributed by atoms with Crippen LogP contribution in [0.5, 0.6) is 0 Å². The molecule has 0 aromatic heterocycles. The van der Waals surface area contributed by atoms with Crippen LogP contribution >= 0.6 is 15.9 Å². The highest BCUT2D eigenvalue weighted by Crippen LogP contribution is 2.26. The Morgan fingerprint density at radius 1 is 1.44 bits per heavy atom. The molecule has 0 amide bonds. The van der Waals surface area contributed by atoms with Crippen LogP contribution in [0.4, 0.5) is 8.78 Å². The Bertz CT molecular complexity index is 426. The minimum atomic E-state index is -0.481. The first kappa shape index (κ1) is 13.9. The van der Waals surface area contributed by atoms with Crippen molar-refractivity contribution >= 4 is 15.9 Å². The molecule has 1 unspecified atom stereocenters. The highest BCUT2D eigenvalue weighted by atomic mass is 79.9. The van der Waals surface area contributed by atoms with Crippen LogP contribution in [0.15, 0.2) is 16.6 Å². The van der Waals surface area contributed by atoms with Gasteiger partial charge in [-0.05, 0) is 54.5 Å². The van der Waals surface area contributed by atoms with Crippen molar-refractivity contribution in [1.29, 1.82) is 0 Å². The smallest absolute Gasteiger partial charge is 0.144 e. The van der Waals surface area contributed by atoms with Crippen molar-refractivity contribution < 1.29 is 8.78 Å². The third-order valence-electron chi connectivity index (χ3n) is 3.44. The second-order valence-electron chi connectivity index (χ2n) is 4.65. The first-order valence-electron chi connectivity index (χ1n) is 6.14. The molecular formula is C13H17BrF2N2. The van der Waals surface area contributed by atoms with E-state index in [1.54, 1.807) is 0 Å². The number of nitrogens with zero attached hydrogens (tertiary/aromatic N) is 1. The van der Waals surface area contributed by atoms with Crippen LogP contribution in [0.2, 0.25) is 0 Å². The molecule has 5 heteroatoms. The van der Waals surface area contributed by atoms with Gasteiger partial charge in [0.25, 0.3) is 0 Å². The molecule has 1 aromatic carbocycles. The number of likely N-dealkylation sites (tertiary alicyclic amines) is 1. The van der Waals surface area contributed by atoms with Crippen molar-refractivity contribution in [3.8, 4) is 0 Å². The number of benzene rings is 1. The van der Waals surface area contributed by atoms with Gasteiger partial charge in [-0.3, -0.25) is 4.90 Å². The monoisotopic (exact) mass is 318 g/mol. The third kappa shape index (κ3) is 2.90. The molecule has 2 nitrogen and oxygen atoms in total. The van der Waals surface area contributed by atoms with Crippen molar-refractivity contribution in [2.75, 3.05) is 20.1 Å². The van der Waals surface area contributed by atoms with E-state index in [9.17, 15) is 8.78 Å². The van der Waals surface area contributed by atoms with E-state index in [4.69, 9.17) is 0 Å². The van der Waals surface area contributed by atoms with E-state index in [-0.39, 0.29) is 5.56 Å². The van der Waals surface area contributed by atoms with Gasteiger partial charge < -0.3 is 5.32 Å². The zero-order valence-electron chi connectivity index (χ0n) is 10.3. The lowest BCUT2D eigenvalue weighted by Crippen LogP contribution is -2.36. The first-order valence-corrected chi connectivity index (χ1v) is 6.93. The highest BCUT2D eigenvalue weighted by Gasteiger charge is 2.26. The average Bonchev–Trinajstić information content (AvgIpc) is 2.78. The molecule has 1 heterocycles. The molecular weight excluding hydrogens is 302 g/mol.